The summed E-state index contributed by atoms with van der Waals surface area (Å²) in [6.45, 7) is 8.16. The minimum atomic E-state index is -0.248. The van der Waals surface area contributed by atoms with Gasteiger partial charge < -0.3 is 15.2 Å². The lowest BCUT2D eigenvalue weighted by Crippen LogP contribution is -2.25. The van der Waals surface area contributed by atoms with Crippen molar-refractivity contribution in [3.63, 3.8) is 0 Å². The van der Waals surface area contributed by atoms with Crippen molar-refractivity contribution in [1.82, 2.24) is 15.4 Å². The lowest BCUT2D eigenvalue weighted by Gasteiger charge is -2.13. The first-order valence-corrected chi connectivity index (χ1v) is 9.41. The Morgan fingerprint density at radius 3 is 3.04 bits per heavy atom. The highest BCUT2D eigenvalue weighted by Gasteiger charge is 2.22. The molecule has 0 aliphatic rings. The second kappa shape index (κ2) is 9.43. The van der Waals surface area contributed by atoms with Gasteiger partial charge >= 0.3 is 0 Å². The van der Waals surface area contributed by atoms with Gasteiger partial charge in [0, 0.05) is 12.6 Å². The Kier molecular flexibility index (Phi) is 7.26. The largest absolute Gasteiger partial charge is 0.360 e. The van der Waals surface area contributed by atoms with Crippen LogP contribution in [0.25, 0.3) is 0 Å². The maximum absolute atomic E-state index is 12.5. The van der Waals surface area contributed by atoms with E-state index in [2.05, 4.69) is 39.5 Å². The van der Waals surface area contributed by atoms with Crippen LogP contribution in [0.4, 0.5) is 10.9 Å². The number of aryl methyl sites for hydroxylation is 1. The van der Waals surface area contributed by atoms with Crippen LogP contribution in [0.3, 0.4) is 0 Å². The standard InChI is InChI=1S/C15H21N5O2S2/c1-4-6-7-11(13(21)17-12-9-10(3)22-20-12)23-15-19-18-14(24-15)16-8-5-2/h5,9,11H,2,4,6-8H2,1,3H3,(H,16,18)(H,17,20,21)/t11-/m1/s1. The molecule has 0 saturated carbocycles. The van der Waals surface area contributed by atoms with Crippen LogP contribution in [-0.2, 0) is 4.79 Å². The maximum Gasteiger partial charge on any atom is 0.239 e. The van der Waals surface area contributed by atoms with E-state index in [4.69, 9.17) is 4.52 Å². The van der Waals surface area contributed by atoms with E-state index < -0.39 is 0 Å². The summed E-state index contributed by atoms with van der Waals surface area (Å²) >= 11 is 2.86. The molecule has 2 N–H and O–H groups in total. The van der Waals surface area contributed by atoms with Crippen LogP contribution in [0.2, 0.25) is 0 Å². The zero-order valence-corrected chi connectivity index (χ0v) is 15.4. The average molecular weight is 368 g/mol. The van der Waals surface area contributed by atoms with E-state index in [0.29, 0.717) is 18.1 Å². The molecule has 0 aliphatic carbocycles. The predicted molar refractivity (Wildman–Crippen MR) is 97.6 cm³/mol. The molecule has 0 fully saturated rings. The molecular weight excluding hydrogens is 346 g/mol. The highest BCUT2D eigenvalue weighted by Crippen LogP contribution is 2.31. The number of nitrogens with zero attached hydrogens (tertiary/aromatic N) is 3. The molecule has 0 aromatic carbocycles. The lowest BCUT2D eigenvalue weighted by atomic mass is 10.2. The van der Waals surface area contributed by atoms with Crippen molar-refractivity contribution in [2.24, 2.45) is 0 Å². The minimum Gasteiger partial charge on any atom is -0.360 e. The molecule has 2 rings (SSSR count). The Labute approximate surface area is 149 Å². The molecular formula is C15H21N5O2S2. The molecule has 0 unspecified atom stereocenters. The van der Waals surface area contributed by atoms with Crippen molar-refractivity contribution in [3.05, 3.63) is 24.5 Å². The van der Waals surface area contributed by atoms with Gasteiger partial charge in [0.25, 0.3) is 0 Å². The van der Waals surface area contributed by atoms with Crippen LogP contribution in [-0.4, -0.2) is 33.1 Å². The summed E-state index contributed by atoms with van der Waals surface area (Å²) < 4.78 is 5.74. The number of aromatic nitrogens is 3. The van der Waals surface area contributed by atoms with Crippen molar-refractivity contribution in [3.8, 4) is 0 Å². The average Bonchev–Trinajstić information content (AvgIpc) is 3.18. The number of hydrogen-bond donors (Lipinski definition) is 2. The van der Waals surface area contributed by atoms with Gasteiger partial charge in [-0.1, -0.05) is 54.1 Å². The monoisotopic (exact) mass is 367 g/mol. The SMILES string of the molecule is C=CCNc1nnc(S[C@H](CCCC)C(=O)Nc2cc(C)on2)s1. The van der Waals surface area contributed by atoms with Gasteiger partial charge in [-0.15, -0.1) is 16.8 Å². The zero-order chi connectivity index (χ0) is 17.4. The highest BCUT2D eigenvalue weighted by atomic mass is 32.2. The second-order valence-corrected chi connectivity index (χ2v) is 7.53. The number of hydrogen-bond acceptors (Lipinski definition) is 8. The maximum atomic E-state index is 12.5. The number of unbranched alkanes of at least 4 members (excludes halogenated alkanes) is 1. The Morgan fingerprint density at radius 1 is 1.54 bits per heavy atom. The van der Waals surface area contributed by atoms with Gasteiger partial charge in [-0.25, -0.2) is 0 Å². The predicted octanol–water partition coefficient (Wildman–Crippen LogP) is 3.72. The van der Waals surface area contributed by atoms with Gasteiger partial charge in [0.15, 0.2) is 10.2 Å². The van der Waals surface area contributed by atoms with E-state index in [1.165, 1.54) is 23.1 Å². The van der Waals surface area contributed by atoms with Crippen LogP contribution in [0.1, 0.15) is 31.9 Å². The molecule has 2 heterocycles. The van der Waals surface area contributed by atoms with E-state index >= 15 is 0 Å². The van der Waals surface area contributed by atoms with Crippen molar-refractivity contribution >= 4 is 40.0 Å². The van der Waals surface area contributed by atoms with Crippen molar-refractivity contribution in [2.45, 2.75) is 42.7 Å². The van der Waals surface area contributed by atoms with Crippen LogP contribution in [0, 0.1) is 6.92 Å². The summed E-state index contributed by atoms with van der Waals surface area (Å²) in [5.74, 6) is 0.993. The summed E-state index contributed by atoms with van der Waals surface area (Å²) in [5, 5.41) is 18.4. The third-order valence-electron chi connectivity index (χ3n) is 3.04. The van der Waals surface area contributed by atoms with Gasteiger partial charge in [-0.2, -0.15) is 0 Å². The molecule has 0 aliphatic heterocycles. The minimum absolute atomic E-state index is 0.0995. The van der Waals surface area contributed by atoms with E-state index in [1.54, 1.807) is 19.1 Å². The fourth-order valence-electron chi connectivity index (χ4n) is 1.88. The summed E-state index contributed by atoms with van der Waals surface area (Å²) in [6.07, 6.45) is 4.50. The zero-order valence-electron chi connectivity index (χ0n) is 13.7. The van der Waals surface area contributed by atoms with Crippen LogP contribution in [0.15, 0.2) is 27.6 Å². The first-order valence-electron chi connectivity index (χ1n) is 7.71. The smallest absolute Gasteiger partial charge is 0.239 e. The molecule has 2 aromatic rings. The van der Waals surface area contributed by atoms with Gasteiger partial charge in [-0.05, 0) is 13.3 Å². The summed E-state index contributed by atoms with van der Waals surface area (Å²) in [7, 11) is 0. The lowest BCUT2D eigenvalue weighted by molar-refractivity contribution is -0.115. The fraction of sp³-hybridized carbons (Fsp3) is 0.467. The Balaban J connectivity index is 1.99. The molecule has 130 valence electrons. The van der Waals surface area contributed by atoms with Crippen LogP contribution < -0.4 is 10.6 Å². The topological polar surface area (TPSA) is 92.9 Å². The van der Waals surface area contributed by atoms with Crippen LogP contribution in [0.5, 0.6) is 0 Å². The van der Waals surface area contributed by atoms with Crippen molar-refractivity contribution in [2.75, 3.05) is 17.2 Å². The molecule has 7 nitrogen and oxygen atoms in total. The van der Waals surface area contributed by atoms with E-state index in [-0.39, 0.29) is 11.2 Å². The molecule has 0 radical (unpaired) electrons. The fourth-order valence-corrected chi connectivity index (χ4v) is 3.92. The molecule has 0 spiro atoms. The molecule has 1 atom stereocenters. The van der Waals surface area contributed by atoms with Crippen LogP contribution >= 0.6 is 23.1 Å². The van der Waals surface area contributed by atoms with E-state index in [1.807, 2.05) is 0 Å². The van der Waals surface area contributed by atoms with Gasteiger partial charge in [0.05, 0.1) is 5.25 Å². The van der Waals surface area contributed by atoms with Gasteiger partial charge in [-0.3, -0.25) is 4.79 Å². The molecule has 0 bridgehead atoms. The second-order valence-electron chi connectivity index (χ2n) is 5.10. The molecule has 24 heavy (non-hydrogen) atoms. The summed E-state index contributed by atoms with van der Waals surface area (Å²) in [5.41, 5.74) is 0. The number of nitrogens with one attached hydrogen (secondary N) is 2. The molecule has 0 saturated heterocycles. The number of anilines is 2. The number of amides is 1. The number of rotatable bonds is 10. The first kappa shape index (κ1) is 18.5. The quantitative estimate of drug-likeness (QED) is 0.488. The van der Waals surface area contributed by atoms with Gasteiger partial charge in [0.1, 0.15) is 5.76 Å². The number of carbonyl (C=O) groups excluding carboxylic acids is 1. The van der Waals surface area contributed by atoms with Gasteiger partial charge in [0.2, 0.25) is 11.0 Å². The molecule has 1 amide bonds. The normalized spacial score (nSPS) is 11.9. The number of thioether (sulfide) groups is 1. The molecule has 2 aromatic heterocycles. The Bertz CT molecular complexity index is 670. The van der Waals surface area contributed by atoms with Crippen molar-refractivity contribution < 1.29 is 9.32 Å². The van der Waals surface area contributed by atoms with Crippen molar-refractivity contribution in [1.29, 1.82) is 0 Å². The summed E-state index contributed by atoms with van der Waals surface area (Å²) in [4.78, 5) is 12.5. The Hall–Kier alpha value is -1.87. The highest BCUT2D eigenvalue weighted by molar-refractivity contribution is 8.02. The third kappa shape index (κ3) is 5.64. The number of carbonyl (C=O) groups is 1. The first-order chi connectivity index (χ1) is 11.6. The van der Waals surface area contributed by atoms with E-state index in [0.717, 1.165) is 28.7 Å². The van der Waals surface area contributed by atoms with E-state index in [9.17, 15) is 4.79 Å². The molecule has 9 heteroatoms. The Morgan fingerprint density at radius 2 is 2.38 bits per heavy atom. The third-order valence-corrected chi connectivity index (χ3v) is 5.27. The summed E-state index contributed by atoms with van der Waals surface area (Å²) in [6, 6.07) is 1.70.